The Kier molecular flexibility index (Phi) is 4.70. The predicted octanol–water partition coefficient (Wildman–Crippen LogP) is 3.08. The van der Waals surface area contributed by atoms with Crippen LogP contribution in [-0.4, -0.2) is 9.53 Å². The molecule has 0 heterocycles. The molecule has 2 nitrogen and oxygen atoms in total. The van der Waals surface area contributed by atoms with Crippen LogP contribution < -0.4 is 5.73 Å². The molecule has 3 N–H and O–H groups in total. The molecule has 1 aromatic carbocycles. The van der Waals surface area contributed by atoms with Gasteiger partial charge in [0, 0.05) is 15.7 Å². The molecule has 0 saturated carbocycles. The molecule has 0 aliphatic carbocycles. The maximum Gasteiger partial charge on any atom is 0.124 e. The van der Waals surface area contributed by atoms with E-state index in [2.05, 4.69) is 36.4 Å². The lowest BCUT2D eigenvalue weighted by molar-refractivity contribution is 0.463. The van der Waals surface area contributed by atoms with E-state index in [9.17, 15) is 5.11 Å². The number of benzene rings is 1. The summed E-state index contributed by atoms with van der Waals surface area (Å²) in [4.78, 5) is 0. The van der Waals surface area contributed by atoms with Gasteiger partial charge in [0.15, 0.2) is 0 Å². The molecule has 0 aliphatic heterocycles. The SMILES string of the molecule is CCc1cc(CC)c(O)c(CCI)c1N. The third kappa shape index (κ3) is 2.56. The summed E-state index contributed by atoms with van der Waals surface area (Å²) in [7, 11) is 0. The van der Waals surface area contributed by atoms with Crippen LogP contribution in [-0.2, 0) is 19.3 Å². The number of halogens is 1. The van der Waals surface area contributed by atoms with E-state index in [1.165, 1.54) is 0 Å². The van der Waals surface area contributed by atoms with Crippen LogP contribution in [0.25, 0.3) is 0 Å². The third-order valence-corrected chi connectivity index (χ3v) is 3.26. The number of nitrogens with two attached hydrogens (primary N) is 1. The van der Waals surface area contributed by atoms with Crippen LogP contribution in [0.4, 0.5) is 5.69 Å². The molecule has 0 aliphatic rings. The second kappa shape index (κ2) is 5.58. The minimum atomic E-state index is 0.406. The van der Waals surface area contributed by atoms with Gasteiger partial charge in [0.1, 0.15) is 5.75 Å². The number of anilines is 1. The number of hydrogen-bond acceptors (Lipinski definition) is 2. The van der Waals surface area contributed by atoms with Gasteiger partial charge >= 0.3 is 0 Å². The van der Waals surface area contributed by atoms with Gasteiger partial charge in [-0.1, -0.05) is 42.5 Å². The van der Waals surface area contributed by atoms with Crippen LogP contribution in [0.1, 0.15) is 30.5 Å². The maximum absolute atomic E-state index is 10.0. The number of aryl methyl sites for hydroxylation is 2. The number of rotatable bonds is 4. The summed E-state index contributed by atoms with van der Waals surface area (Å²) < 4.78 is 0.978. The quantitative estimate of drug-likeness (QED) is 0.509. The lowest BCUT2D eigenvalue weighted by atomic mass is 9.97. The van der Waals surface area contributed by atoms with E-state index in [1.807, 2.05) is 6.07 Å². The lowest BCUT2D eigenvalue weighted by Crippen LogP contribution is -2.03. The van der Waals surface area contributed by atoms with Crippen LogP contribution >= 0.6 is 22.6 Å². The van der Waals surface area contributed by atoms with Gasteiger partial charge in [-0.25, -0.2) is 0 Å². The third-order valence-electron chi connectivity index (χ3n) is 2.72. The first-order chi connectivity index (χ1) is 7.15. The lowest BCUT2D eigenvalue weighted by Gasteiger charge is -2.14. The monoisotopic (exact) mass is 319 g/mol. The zero-order valence-electron chi connectivity index (χ0n) is 9.31. The number of alkyl halides is 1. The van der Waals surface area contributed by atoms with Crippen molar-refractivity contribution >= 4 is 28.3 Å². The van der Waals surface area contributed by atoms with Crippen LogP contribution in [0, 0.1) is 0 Å². The zero-order valence-corrected chi connectivity index (χ0v) is 11.5. The second-order valence-corrected chi connectivity index (χ2v) is 4.66. The Morgan fingerprint density at radius 2 is 1.87 bits per heavy atom. The Balaban J connectivity index is 3.32. The van der Waals surface area contributed by atoms with E-state index < -0.39 is 0 Å². The van der Waals surface area contributed by atoms with E-state index >= 15 is 0 Å². The summed E-state index contributed by atoms with van der Waals surface area (Å²) in [6.07, 6.45) is 2.62. The molecule has 0 aromatic heterocycles. The van der Waals surface area contributed by atoms with Crippen molar-refractivity contribution < 1.29 is 5.11 Å². The minimum absolute atomic E-state index is 0.406. The topological polar surface area (TPSA) is 46.2 Å². The molecule has 1 aromatic rings. The number of aromatic hydroxyl groups is 1. The molecule has 0 unspecified atom stereocenters. The molecule has 1 rings (SSSR count). The van der Waals surface area contributed by atoms with Gasteiger partial charge in [0.05, 0.1) is 0 Å². The number of phenols is 1. The molecule has 0 bridgehead atoms. The minimum Gasteiger partial charge on any atom is -0.507 e. The maximum atomic E-state index is 10.0. The van der Waals surface area contributed by atoms with Crippen molar-refractivity contribution in [3.05, 3.63) is 22.8 Å². The first kappa shape index (κ1) is 12.6. The first-order valence-corrected chi connectivity index (χ1v) is 6.86. The Morgan fingerprint density at radius 3 is 2.33 bits per heavy atom. The highest BCUT2D eigenvalue weighted by atomic mass is 127. The fourth-order valence-corrected chi connectivity index (χ4v) is 2.32. The van der Waals surface area contributed by atoms with E-state index in [0.717, 1.165) is 46.1 Å². The van der Waals surface area contributed by atoms with E-state index in [-0.39, 0.29) is 0 Å². The largest absolute Gasteiger partial charge is 0.507 e. The summed E-state index contributed by atoms with van der Waals surface area (Å²) >= 11 is 2.31. The molecule has 84 valence electrons. The van der Waals surface area contributed by atoms with Gasteiger partial charge in [0.25, 0.3) is 0 Å². The summed E-state index contributed by atoms with van der Waals surface area (Å²) in [5.41, 5.74) is 9.93. The molecular weight excluding hydrogens is 301 g/mol. The van der Waals surface area contributed by atoms with Crippen molar-refractivity contribution in [2.45, 2.75) is 33.1 Å². The predicted molar refractivity (Wildman–Crippen MR) is 73.9 cm³/mol. The Labute approximate surface area is 105 Å². The van der Waals surface area contributed by atoms with Gasteiger partial charge < -0.3 is 10.8 Å². The average molecular weight is 319 g/mol. The molecule has 0 amide bonds. The van der Waals surface area contributed by atoms with Gasteiger partial charge in [-0.05, 0) is 30.4 Å². The van der Waals surface area contributed by atoms with Crippen molar-refractivity contribution in [1.29, 1.82) is 0 Å². The van der Waals surface area contributed by atoms with Crippen molar-refractivity contribution in [3.8, 4) is 5.75 Å². The fraction of sp³-hybridized carbons (Fsp3) is 0.500. The molecule has 15 heavy (non-hydrogen) atoms. The highest BCUT2D eigenvalue weighted by Gasteiger charge is 2.13. The van der Waals surface area contributed by atoms with Crippen molar-refractivity contribution in [2.24, 2.45) is 0 Å². The van der Waals surface area contributed by atoms with Crippen LogP contribution in [0.15, 0.2) is 6.07 Å². The summed E-state index contributed by atoms with van der Waals surface area (Å²) in [6, 6.07) is 2.03. The number of hydrogen-bond donors (Lipinski definition) is 2. The van der Waals surface area contributed by atoms with Crippen molar-refractivity contribution in [3.63, 3.8) is 0 Å². The van der Waals surface area contributed by atoms with E-state index in [0.29, 0.717) is 5.75 Å². The molecular formula is C12H18INO. The van der Waals surface area contributed by atoms with E-state index in [1.54, 1.807) is 0 Å². The van der Waals surface area contributed by atoms with Crippen LogP contribution in [0.5, 0.6) is 5.75 Å². The van der Waals surface area contributed by atoms with Crippen molar-refractivity contribution in [2.75, 3.05) is 10.2 Å². The molecule has 0 radical (unpaired) electrons. The molecule has 3 heteroatoms. The summed E-state index contributed by atoms with van der Waals surface area (Å²) in [6.45, 7) is 4.15. The van der Waals surface area contributed by atoms with E-state index in [4.69, 9.17) is 5.73 Å². The van der Waals surface area contributed by atoms with Gasteiger partial charge in [-0.3, -0.25) is 0 Å². The molecule has 0 atom stereocenters. The fourth-order valence-electron chi connectivity index (χ4n) is 1.78. The standard InChI is InChI=1S/C12H18INO/c1-3-8-7-9(4-2)12(15)10(5-6-13)11(8)14/h7,15H,3-6,14H2,1-2H3. The normalized spacial score (nSPS) is 10.6. The van der Waals surface area contributed by atoms with Crippen molar-refractivity contribution in [1.82, 2.24) is 0 Å². The highest BCUT2D eigenvalue weighted by molar-refractivity contribution is 14.1. The second-order valence-electron chi connectivity index (χ2n) is 3.58. The Bertz CT molecular complexity index is 322. The molecule has 0 fully saturated rings. The average Bonchev–Trinajstić information content (AvgIpc) is 2.25. The Morgan fingerprint density at radius 1 is 1.27 bits per heavy atom. The Hall–Kier alpha value is -0.450. The summed E-state index contributed by atoms with van der Waals surface area (Å²) in [5, 5.41) is 10.0. The van der Waals surface area contributed by atoms with Crippen LogP contribution in [0.2, 0.25) is 0 Å². The van der Waals surface area contributed by atoms with Gasteiger partial charge in [0.2, 0.25) is 0 Å². The smallest absolute Gasteiger partial charge is 0.124 e. The number of phenolic OH excluding ortho intramolecular Hbond substituents is 1. The first-order valence-electron chi connectivity index (χ1n) is 5.33. The highest BCUT2D eigenvalue weighted by Crippen LogP contribution is 2.32. The van der Waals surface area contributed by atoms with Crippen LogP contribution in [0.3, 0.4) is 0 Å². The zero-order chi connectivity index (χ0) is 11.4. The molecule has 0 spiro atoms. The summed E-state index contributed by atoms with van der Waals surface area (Å²) in [5.74, 6) is 0.406. The van der Waals surface area contributed by atoms with Gasteiger partial charge in [-0.2, -0.15) is 0 Å². The molecule has 0 saturated heterocycles. The van der Waals surface area contributed by atoms with Gasteiger partial charge in [-0.15, -0.1) is 0 Å². The number of nitrogen functional groups attached to an aromatic ring is 1.